The maximum atomic E-state index is 12.1. The summed E-state index contributed by atoms with van der Waals surface area (Å²) in [5.74, 6) is -0.856. The van der Waals surface area contributed by atoms with Gasteiger partial charge in [-0.3, -0.25) is 9.59 Å². The number of rotatable bonds is 6. The summed E-state index contributed by atoms with van der Waals surface area (Å²) in [6.45, 7) is 2.19. The summed E-state index contributed by atoms with van der Waals surface area (Å²) < 4.78 is 4.97. The van der Waals surface area contributed by atoms with Gasteiger partial charge in [0.25, 0.3) is 5.91 Å². The number of ether oxygens (including phenoxy) is 1. The number of aromatic nitrogens is 1. The first-order chi connectivity index (χ1) is 11.0. The van der Waals surface area contributed by atoms with Gasteiger partial charge in [-0.05, 0) is 18.6 Å². The summed E-state index contributed by atoms with van der Waals surface area (Å²) in [6, 6.07) is 4.90. The molecule has 0 aliphatic heterocycles. The molecular formula is C16H16Cl2N2O3. The van der Waals surface area contributed by atoms with E-state index < -0.39 is 11.9 Å². The van der Waals surface area contributed by atoms with Gasteiger partial charge < -0.3 is 10.1 Å². The van der Waals surface area contributed by atoms with Crippen LogP contribution in [0.15, 0.2) is 24.4 Å². The number of amides is 1. The van der Waals surface area contributed by atoms with Crippen LogP contribution in [0.1, 0.15) is 30.1 Å². The van der Waals surface area contributed by atoms with E-state index in [1.54, 1.807) is 18.2 Å². The van der Waals surface area contributed by atoms with Gasteiger partial charge in [0.1, 0.15) is 11.7 Å². The van der Waals surface area contributed by atoms with Crippen LogP contribution in [0.5, 0.6) is 0 Å². The van der Waals surface area contributed by atoms with Crippen molar-refractivity contribution in [3.63, 3.8) is 0 Å². The minimum atomic E-state index is -0.463. The average molecular weight is 355 g/mol. The molecule has 122 valence electrons. The van der Waals surface area contributed by atoms with E-state index in [9.17, 15) is 9.59 Å². The van der Waals surface area contributed by atoms with E-state index in [2.05, 4.69) is 10.3 Å². The van der Waals surface area contributed by atoms with Crippen LogP contribution in [0, 0.1) is 0 Å². The average Bonchev–Trinajstić information content (AvgIpc) is 2.56. The van der Waals surface area contributed by atoms with Gasteiger partial charge in [-0.2, -0.15) is 0 Å². The van der Waals surface area contributed by atoms with Crippen LogP contribution in [0.25, 0.3) is 10.8 Å². The molecule has 0 saturated carbocycles. The number of carbonyl (C=O) groups excluding carboxylic acids is 2. The van der Waals surface area contributed by atoms with Crippen molar-refractivity contribution in [3.8, 4) is 0 Å². The number of carbonyl (C=O) groups is 2. The minimum Gasteiger partial charge on any atom is -0.464 e. The number of hydrogen-bond donors (Lipinski definition) is 1. The Morgan fingerprint density at radius 2 is 2.04 bits per heavy atom. The summed E-state index contributed by atoms with van der Waals surface area (Å²) in [4.78, 5) is 27.5. The van der Waals surface area contributed by atoms with Crippen molar-refractivity contribution in [2.24, 2.45) is 0 Å². The maximum absolute atomic E-state index is 12.1. The minimum absolute atomic E-state index is 0.178. The Labute approximate surface area is 143 Å². The number of hydrogen-bond acceptors (Lipinski definition) is 4. The monoisotopic (exact) mass is 354 g/mol. The van der Waals surface area contributed by atoms with Crippen molar-refractivity contribution in [2.45, 2.75) is 19.8 Å². The number of nitrogens with zero attached hydrogens (tertiary/aromatic N) is 1. The summed E-state index contributed by atoms with van der Waals surface area (Å²) in [5.41, 5.74) is 0.366. The first-order valence-electron chi connectivity index (χ1n) is 7.20. The molecule has 0 atom stereocenters. The normalized spacial score (nSPS) is 10.6. The highest BCUT2D eigenvalue weighted by molar-refractivity contribution is 6.39. The van der Waals surface area contributed by atoms with Gasteiger partial charge in [0, 0.05) is 22.5 Å². The van der Waals surface area contributed by atoms with Crippen LogP contribution in [0.3, 0.4) is 0 Å². The number of unbranched alkanes of at least 4 members (excludes halogenated alkanes) is 1. The third kappa shape index (κ3) is 4.56. The van der Waals surface area contributed by atoms with Gasteiger partial charge in [0.15, 0.2) is 0 Å². The SMILES string of the molecule is CCCCOC(=O)CNC(=O)c1ccc2c(Cl)cnc(Cl)c2c1. The Kier molecular flexibility index (Phi) is 6.19. The molecule has 0 fully saturated rings. The van der Waals surface area contributed by atoms with Crippen LogP contribution in [-0.2, 0) is 9.53 Å². The Balaban J connectivity index is 2.04. The Hall–Kier alpha value is -1.85. The molecular weight excluding hydrogens is 339 g/mol. The predicted molar refractivity (Wildman–Crippen MR) is 90.0 cm³/mol. The number of nitrogens with one attached hydrogen (secondary N) is 1. The number of benzene rings is 1. The molecule has 1 N–H and O–H groups in total. The van der Waals surface area contributed by atoms with E-state index >= 15 is 0 Å². The lowest BCUT2D eigenvalue weighted by molar-refractivity contribution is -0.142. The molecule has 2 rings (SSSR count). The van der Waals surface area contributed by atoms with E-state index in [4.69, 9.17) is 27.9 Å². The number of esters is 1. The Bertz CT molecular complexity index is 735. The highest BCUT2D eigenvalue weighted by Crippen LogP contribution is 2.28. The third-order valence-electron chi connectivity index (χ3n) is 3.21. The third-order valence-corrected chi connectivity index (χ3v) is 3.81. The Morgan fingerprint density at radius 1 is 1.26 bits per heavy atom. The van der Waals surface area contributed by atoms with Crippen LogP contribution >= 0.6 is 23.2 Å². The lowest BCUT2D eigenvalue weighted by atomic mass is 10.1. The number of halogens is 2. The summed E-state index contributed by atoms with van der Waals surface area (Å²) in [6.07, 6.45) is 3.20. The summed E-state index contributed by atoms with van der Waals surface area (Å²) in [5, 5.41) is 4.52. The molecule has 0 bridgehead atoms. The lowest BCUT2D eigenvalue weighted by Gasteiger charge is -2.08. The van der Waals surface area contributed by atoms with Gasteiger partial charge in [0.2, 0.25) is 0 Å². The fraction of sp³-hybridized carbons (Fsp3) is 0.312. The van der Waals surface area contributed by atoms with E-state index in [0.29, 0.717) is 28.0 Å². The summed E-state index contributed by atoms with van der Waals surface area (Å²) in [7, 11) is 0. The smallest absolute Gasteiger partial charge is 0.325 e. The van der Waals surface area contributed by atoms with Gasteiger partial charge in [-0.15, -0.1) is 0 Å². The molecule has 0 saturated heterocycles. The molecule has 0 spiro atoms. The van der Waals surface area contributed by atoms with E-state index in [-0.39, 0.29) is 11.7 Å². The second-order valence-corrected chi connectivity index (χ2v) is 5.68. The lowest BCUT2D eigenvalue weighted by Crippen LogP contribution is -2.30. The molecule has 1 aromatic heterocycles. The van der Waals surface area contributed by atoms with Gasteiger partial charge in [0.05, 0.1) is 11.6 Å². The zero-order chi connectivity index (χ0) is 16.8. The van der Waals surface area contributed by atoms with Gasteiger partial charge in [-0.1, -0.05) is 42.6 Å². The molecule has 0 radical (unpaired) electrons. The second-order valence-electron chi connectivity index (χ2n) is 4.91. The summed E-state index contributed by atoms with van der Waals surface area (Å²) >= 11 is 12.1. The molecule has 1 heterocycles. The van der Waals surface area contributed by atoms with Crippen molar-refractivity contribution < 1.29 is 14.3 Å². The first kappa shape index (κ1) is 17.5. The zero-order valence-electron chi connectivity index (χ0n) is 12.6. The first-order valence-corrected chi connectivity index (χ1v) is 7.96. The standard InChI is InChI=1S/C16H16Cl2N2O3/c1-2-3-6-23-14(21)9-20-16(22)10-4-5-11-12(7-10)15(18)19-8-13(11)17/h4-5,7-8H,2-3,6,9H2,1H3,(H,20,22). The quantitative estimate of drug-likeness (QED) is 0.488. The fourth-order valence-corrected chi connectivity index (χ4v) is 2.37. The molecule has 2 aromatic rings. The largest absolute Gasteiger partial charge is 0.464 e. The Morgan fingerprint density at radius 3 is 2.78 bits per heavy atom. The maximum Gasteiger partial charge on any atom is 0.325 e. The highest BCUT2D eigenvalue weighted by Gasteiger charge is 2.12. The molecule has 5 nitrogen and oxygen atoms in total. The van der Waals surface area contributed by atoms with Crippen molar-refractivity contribution in [3.05, 3.63) is 40.1 Å². The topological polar surface area (TPSA) is 68.3 Å². The molecule has 1 amide bonds. The van der Waals surface area contributed by atoms with E-state index in [1.165, 1.54) is 6.20 Å². The van der Waals surface area contributed by atoms with Crippen molar-refractivity contribution >= 4 is 45.9 Å². The second kappa shape index (κ2) is 8.13. The van der Waals surface area contributed by atoms with Crippen molar-refractivity contribution in [1.82, 2.24) is 10.3 Å². The molecule has 7 heteroatoms. The van der Waals surface area contributed by atoms with Gasteiger partial charge >= 0.3 is 5.97 Å². The van der Waals surface area contributed by atoms with E-state index in [0.717, 1.165) is 12.8 Å². The predicted octanol–water partition coefficient (Wildman–Crippen LogP) is 3.61. The van der Waals surface area contributed by atoms with Crippen LogP contribution in [0.4, 0.5) is 0 Å². The molecule has 23 heavy (non-hydrogen) atoms. The van der Waals surface area contributed by atoms with Crippen molar-refractivity contribution in [1.29, 1.82) is 0 Å². The van der Waals surface area contributed by atoms with E-state index in [1.807, 2.05) is 6.92 Å². The van der Waals surface area contributed by atoms with Gasteiger partial charge in [-0.25, -0.2) is 4.98 Å². The van der Waals surface area contributed by atoms with Crippen molar-refractivity contribution in [2.75, 3.05) is 13.2 Å². The molecule has 0 aliphatic carbocycles. The van der Waals surface area contributed by atoms with Crippen LogP contribution in [-0.4, -0.2) is 30.0 Å². The van der Waals surface area contributed by atoms with Crippen LogP contribution in [0.2, 0.25) is 10.2 Å². The molecule has 0 unspecified atom stereocenters. The zero-order valence-corrected chi connectivity index (χ0v) is 14.1. The fourth-order valence-electron chi connectivity index (χ4n) is 1.95. The molecule has 0 aliphatic rings. The number of pyridine rings is 1. The molecule has 1 aromatic carbocycles. The highest BCUT2D eigenvalue weighted by atomic mass is 35.5. The van der Waals surface area contributed by atoms with Crippen LogP contribution < -0.4 is 5.32 Å². The number of fused-ring (bicyclic) bond motifs is 1.